The van der Waals surface area contributed by atoms with Gasteiger partial charge in [-0.15, -0.1) is 23.5 Å². The molecule has 382 valence electrons. The van der Waals surface area contributed by atoms with Crippen LogP contribution in [0.5, 0.6) is 0 Å². The van der Waals surface area contributed by atoms with Crippen molar-refractivity contribution < 1.29 is 38.7 Å². The van der Waals surface area contributed by atoms with Gasteiger partial charge < -0.3 is 40.0 Å². The Bertz CT molecular complexity index is 1610. The third-order valence-electron chi connectivity index (χ3n) is 15.1. The molecule has 0 saturated heterocycles. The molecule has 2 aliphatic carbocycles. The molecule has 0 amide bonds. The van der Waals surface area contributed by atoms with Gasteiger partial charge in [0.05, 0.1) is 0 Å². The van der Waals surface area contributed by atoms with Crippen LogP contribution in [0, 0.1) is 65.2 Å². The van der Waals surface area contributed by atoms with E-state index in [2.05, 4.69) is 238 Å². The number of rotatable bonds is 0. The first-order valence-electron chi connectivity index (χ1n) is 23.0. The fourth-order valence-corrected chi connectivity index (χ4v) is 28.5. The molecule has 2 aliphatic heterocycles. The van der Waals surface area contributed by atoms with Gasteiger partial charge in [0.1, 0.15) is 0 Å². The maximum atomic E-state index is 11.1. The summed E-state index contributed by atoms with van der Waals surface area (Å²) >= 11 is 3.69. The fraction of sp³-hybridized carbons (Fsp3) is 0.714. The van der Waals surface area contributed by atoms with E-state index in [0.29, 0.717) is 0 Å². The maximum Gasteiger partial charge on any atom is 4.00 e. The molecular weight excluding hydrogens is 993 g/mol. The van der Waals surface area contributed by atoms with Crippen molar-refractivity contribution >= 4 is 56.2 Å². The van der Waals surface area contributed by atoms with Crippen molar-refractivity contribution in [2.24, 2.45) is 35.5 Å². The van der Waals surface area contributed by atoms with E-state index >= 15 is 0 Å². The van der Waals surface area contributed by atoms with Crippen LogP contribution in [0.25, 0.3) is 10.3 Å². The standard InChI is InChI=1S/2C14H18S.2C12H27NP.4CH3.2ClH.2Ti/c2*1-8-9(2)13-11-6-4-5-7-12(11)15-14(13)10(8)3;2*1-10(2,3)14(13,11(4,5)6)12(7,8)9;;;;;;;;/h2*4-10,13-14H,1-3H3;2*1-9H3;4*1H3;2*1H;;/q;;6*-1;;;+2;+4/p-2. The molecule has 10 atom stereocenters. The Morgan fingerprint density at radius 3 is 0.788 bits per heavy atom. The Labute approximate surface area is 455 Å². The molecule has 0 radical (unpaired) electrons. The van der Waals surface area contributed by atoms with E-state index in [1.54, 1.807) is 11.1 Å². The minimum absolute atomic E-state index is 0. The molecule has 4 aliphatic rings. The molecule has 2 aromatic rings. The van der Waals surface area contributed by atoms with Crippen molar-refractivity contribution in [2.45, 2.75) is 229 Å². The molecule has 2 fully saturated rings. The zero-order valence-corrected chi connectivity index (χ0v) is 55.8. The predicted octanol–water partition coefficient (Wildman–Crippen LogP) is 21.8. The van der Waals surface area contributed by atoms with Gasteiger partial charge >= 0.3 is 57.4 Å². The number of hydrogen-bond donors (Lipinski definition) is 0. The summed E-state index contributed by atoms with van der Waals surface area (Å²) in [6.07, 6.45) is 0. The maximum absolute atomic E-state index is 11.1. The second-order valence-electron chi connectivity index (χ2n) is 24.8. The minimum atomic E-state index is -2.02. The van der Waals surface area contributed by atoms with Crippen LogP contribution >= 0.6 is 56.2 Å². The largest absolute Gasteiger partial charge is 4.00 e. The van der Waals surface area contributed by atoms with Gasteiger partial charge in [-0.3, -0.25) is 0 Å². The normalized spacial score (nSPS) is 26.3. The van der Waals surface area contributed by atoms with Crippen LogP contribution in [0.15, 0.2) is 58.3 Å². The van der Waals surface area contributed by atoms with Crippen LogP contribution < -0.4 is 0 Å². The van der Waals surface area contributed by atoms with Gasteiger partial charge in [0.15, 0.2) is 0 Å². The van der Waals surface area contributed by atoms with Crippen LogP contribution in [0.3, 0.4) is 0 Å². The van der Waals surface area contributed by atoms with E-state index in [9.17, 15) is 10.3 Å². The summed E-state index contributed by atoms with van der Waals surface area (Å²) in [6, 6.07) is 18.0. The molecule has 0 bridgehead atoms. The second-order valence-corrected chi connectivity index (χ2v) is 40.4. The number of nitrogens with zero attached hydrogens (tertiary/aromatic N) is 2. The third kappa shape index (κ3) is 15.3. The van der Waals surface area contributed by atoms with Crippen molar-refractivity contribution in [3.05, 3.63) is 99.7 Å². The molecule has 2 aromatic carbocycles. The smallest absolute Gasteiger partial charge is 4.00 e. The van der Waals surface area contributed by atoms with Gasteiger partial charge in [-0.1, -0.05) is 203 Å². The second kappa shape index (κ2) is 27.2. The zero-order valence-electron chi connectivity index (χ0n) is 47.8. The van der Waals surface area contributed by atoms with E-state index in [1.165, 1.54) is 9.79 Å². The van der Waals surface area contributed by atoms with Gasteiger partial charge in [0.2, 0.25) is 0 Å². The van der Waals surface area contributed by atoms with Crippen molar-refractivity contribution in [3.63, 3.8) is 0 Å². The summed E-state index contributed by atoms with van der Waals surface area (Å²) in [7, 11) is 5.74. The van der Waals surface area contributed by atoms with Crippen molar-refractivity contribution in [3.8, 4) is 0 Å². The van der Waals surface area contributed by atoms with E-state index in [0.717, 1.165) is 57.8 Å². The van der Waals surface area contributed by atoms with Crippen LogP contribution in [0.4, 0.5) is 0 Å². The van der Waals surface area contributed by atoms with Crippen LogP contribution in [-0.2, 0) is 38.7 Å². The van der Waals surface area contributed by atoms with E-state index in [4.69, 9.17) is 18.6 Å². The van der Waals surface area contributed by atoms with Crippen molar-refractivity contribution in [2.75, 3.05) is 0 Å². The van der Waals surface area contributed by atoms with Crippen molar-refractivity contribution in [1.82, 2.24) is 0 Å². The summed E-state index contributed by atoms with van der Waals surface area (Å²) in [5.74, 6) is 6.81. The molecule has 0 N–H and O–H groups in total. The van der Waals surface area contributed by atoms with Crippen LogP contribution in [-0.4, -0.2) is 41.4 Å². The first-order valence-corrected chi connectivity index (χ1v) is 32.6. The number of fused-ring (bicyclic) bond motifs is 6. The van der Waals surface area contributed by atoms with E-state index in [-0.39, 0.29) is 82.4 Å². The average Bonchev–Trinajstić information content (AvgIpc) is 3.80. The molecule has 66 heavy (non-hydrogen) atoms. The Kier molecular flexibility index (Phi) is 30.6. The monoisotopic (exact) mass is 1090 g/mol. The summed E-state index contributed by atoms with van der Waals surface area (Å²) in [5, 5.41) is 23.9. The van der Waals surface area contributed by atoms with Crippen LogP contribution in [0.2, 0.25) is 0 Å². The average molecular weight is 1100 g/mol. The summed E-state index contributed by atoms with van der Waals surface area (Å²) in [6.45, 7) is 53.6. The van der Waals surface area contributed by atoms with Gasteiger partial charge in [0.25, 0.3) is 0 Å². The number of benzene rings is 2. The Morgan fingerprint density at radius 2 is 0.606 bits per heavy atom. The van der Waals surface area contributed by atoms with Gasteiger partial charge in [-0.25, -0.2) is 14.1 Å². The molecular formula is C56H102Cl2N2P2S2Ti2-2. The van der Waals surface area contributed by atoms with Crippen LogP contribution in [0.1, 0.15) is 189 Å². The predicted molar refractivity (Wildman–Crippen MR) is 309 cm³/mol. The van der Waals surface area contributed by atoms with E-state index in [1.807, 2.05) is 0 Å². The van der Waals surface area contributed by atoms with Gasteiger partial charge in [-0.2, -0.15) is 0 Å². The molecule has 0 spiro atoms. The molecule has 2 saturated carbocycles. The summed E-state index contributed by atoms with van der Waals surface area (Å²) < 4.78 is 0. The summed E-state index contributed by atoms with van der Waals surface area (Å²) in [5.41, 5.74) is 3.24. The first-order chi connectivity index (χ1) is 27.3. The van der Waals surface area contributed by atoms with Crippen molar-refractivity contribution in [1.29, 1.82) is 0 Å². The summed E-state index contributed by atoms with van der Waals surface area (Å²) in [4.78, 5) is 3.08. The molecule has 2 heterocycles. The molecule has 6 rings (SSSR count). The quantitative estimate of drug-likeness (QED) is 0.150. The third-order valence-corrected chi connectivity index (χ3v) is 30.0. The molecule has 2 nitrogen and oxygen atoms in total. The number of halogens is 2. The zero-order chi connectivity index (χ0) is 47.9. The Hall–Kier alpha value is 1.61. The number of thioether (sulfide) groups is 2. The van der Waals surface area contributed by atoms with E-state index < -0.39 is 31.1 Å². The van der Waals surface area contributed by atoms with Gasteiger partial charge in [-0.05, 0) is 89.7 Å². The first kappa shape index (κ1) is 74.1. The Morgan fingerprint density at radius 1 is 0.409 bits per heavy atom. The Balaban J connectivity index is -0.000000372. The topological polar surface area (TPSA) is 44.6 Å². The molecule has 10 unspecified atom stereocenters. The minimum Gasteiger partial charge on any atom is 4.00 e. The van der Waals surface area contributed by atoms with Gasteiger partial charge in [0, 0.05) is 32.1 Å². The number of hydrogen-bond acceptors (Lipinski definition) is 2. The molecule has 0 aromatic heterocycles. The fourth-order valence-electron chi connectivity index (χ4n) is 12.8. The SMILES string of the molecule is CC(C)(C)P(=[N-])(C(C)(C)C)C(C)(C)C.CC(C)(C)P(=[N-])(C(C)(C)C)C(C)(C)C.CC1C(C)C2Sc3ccccc3C2C1C.CC1C(C)C2Sc3ccccc3C2C1C.[CH3-].[CH3-].[CH3-].[CH3-].[Cl][Ti][Cl].[Ti+4]. The molecule has 10 heteroatoms.